The highest BCUT2D eigenvalue weighted by Crippen LogP contribution is 2.38. The van der Waals surface area contributed by atoms with E-state index in [1.54, 1.807) is 0 Å². The Balaban J connectivity index is 1.86. The summed E-state index contributed by atoms with van der Waals surface area (Å²) in [5.41, 5.74) is 2.08. The number of aryl methyl sites for hydroxylation is 1. The number of piperazine rings is 1. The quantitative estimate of drug-likeness (QED) is 0.196. The summed E-state index contributed by atoms with van der Waals surface area (Å²) in [4.78, 5) is 16.6. The summed E-state index contributed by atoms with van der Waals surface area (Å²) in [6.07, 6.45) is 0. The van der Waals surface area contributed by atoms with Gasteiger partial charge in [-0.15, -0.1) is 0 Å². The number of hydrogen-bond donors (Lipinski definition) is 0. The number of rotatable bonds is 7. The molecule has 5 nitrogen and oxygen atoms in total. The van der Waals surface area contributed by atoms with Crippen molar-refractivity contribution >= 4 is 46.6 Å². The first kappa shape index (κ1) is 24.0. The van der Waals surface area contributed by atoms with Crippen LogP contribution >= 0.6 is 46.6 Å². The van der Waals surface area contributed by atoms with E-state index in [-0.39, 0.29) is 15.2 Å². The van der Waals surface area contributed by atoms with Crippen molar-refractivity contribution in [2.24, 2.45) is 0 Å². The van der Waals surface area contributed by atoms with Crippen molar-refractivity contribution in [1.82, 2.24) is 9.80 Å². The largest absolute Gasteiger partial charge is 0.358 e. The first-order valence-electron chi connectivity index (χ1n) is 9.70. The topological polar surface area (TPSA) is 49.6 Å². The predicted octanol–water partition coefficient (Wildman–Crippen LogP) is 6.24. The molecule has 0 amide bonds. The van der Waals surface area contributed by atoms with Crippen LogP contribution in [0.5, 0.6) is 0 Å². The van der Waals surface area contributed by atoms with Crippen molar-refractivity contribution in [2.75, 3.05) is 26.2 Å². The Labute approximate surface area is 201 Å². The Hall–Kier alpha value is -1.70. The second-order valence-corrected chi connectivity index (χ2v) is 9.54. The van der Waals surface area contributed by atoms with Gasteiger partial charge in [0.05, 0.1) is 4.92 Å². The molecule has 0 unspecified atom stereocenters. The molecule has 0 aliphatic carbocycles. The fraction of sp³-hybridized carbons (Fsp3) is 0.273. The third-order valence-corrected chi connectivity index (χ3v) is 7.00. The van der Waals surface area contributed by atoms with Gasteiger partial charge in [-0.05, 0) is 24.6 Å². The molecule has 9 heteroatoms. The predicted molar refractivity (Wildman–Crippen MR) is 129 cm³/mol. The van der Waals surface area contributed by atoms with E-state index in [2.05, 4.69) is 17.0 Å². The van der Waals surface area contributed by atoms with Gasteiger partial charge in [-0.25, -0.2) is 0 Å². The van der Waals surface area contributed by atoms with Crippen molar-refractivity contribution < 1.29 is 4.92 Å². The minimum absolute atomic E-state index is 0.255. The highest BCUT2D eigenvalue weighted by molar-refractivity contribution is 8.03. The normalized spacial score (nSPS) is 15.4. The van der Waals surface area contributed by atoms with Crippen molar-refractivity contribution in [3.8, 4) is 0 Å². The van der Waals surface area contributed by atoms with Crippen molar-refractivity contribution in [2.45, 2.75) is 18.4 Å². The first-order chi connectivity index (χ1) is 14.8. The molecule has 1 heterocycles. The lowest BCUT2D eigenvalue weighted by Gasteiger charge is -2.36. The third-order valence-electron chi connectivity index (χ3n) is 4.90. The fourth-order valence-electron chi connectivity index (χ4n) is 3.27. The number of allylic oxidation sites excluding steroid dienone is 1. The number of nitrogens with zero attached hydrogens (tertiary/aromatic N) is 3. The lowest BCUT2D eigenvalue weighted by molar-refractivity contribution is -0.421. The van der Waals surface area contributed by atoms with Gasteiger partial charge in [0.25, 0.3) is 0 Å². The molecule has 0 saturated carbocycles. The standard InChI is InChI=1S/C22H22Cl3N3O2S/c1-16-7-9-18(10-8-16)31-22(20(28(29)30)19(23)21(24)25)27-13-11-26(12-14-27)15-17-5-3-2-4-6-17/h2-10H,11-15H2,1H3. The molecule has 31 heavy (non-hydrogen) atoms. The van der Waals surface area contributed by atoms with Crippen LogP contribution in [0, 0.1) is 17.0 Å². The molecule has 0 radical (unpaired) electrons. The summed E-state index contributed by atoms with van der Waals surface area (Å²) in [7, 11) is 0. The molecular weight excluding hydrogens is 477 g/mol. The zero-order valence-electron chi connectivity index (χ0n) is 16.9. The number of nitro groups is 1. The molecule has 1 aliphatic heterocycles. The molecule has 1 aliphatic rings. The molecule has 0 N–H and O–H groups in total. The van der Waals surface area contributed by atoms with Gasteiger partial charge in [-0.2, -0.15) is 0 Å². The van der Waals surface area contributed by atoms with Gasteiger partial charge in [0.1, 0.15) is 4.49 Å². The molecule has 2 aromatic carbocycles. The second kappa shape index (κ2) is 11.2. The van der Waals surface area contributed by atoms with Gasteiger partial charge in [0.15, 0.2) is 10.1 Å². The molecule has 1 saturated heterocycles. The lowest BCUT2D eigenvalue weighted by Crippen LogP contribution is -2.45. The highest BCUT2D eigenvalue weighted by Gasteiger charge is 2.31. The summed E-state index contributed by atoms with van der Waals surface area (Å²) in [5.74, 6) is 0. The number of halogens is 3. The summed E-state index contributed by atoms with van der Waals surface area (Å²) in [5, 5.41) is 12.1. The van der Waals surface area contributed by atoms with Crippen LogP contribution < -0.4 is 0 Å². The average Bonchev–Trinajstić information content (AvgIpc) is 2.75. The Morgan fingerprint density at radius 1 is 1.00 bits per heavy atom. The summed E-state index contributed by atoms with van der Waals surface area (Å²) in [6.45, 7) is 5.63. The molecule has 164 valence electrons. The van der Waals surface area contributed by atoms with E-state index in [0.717, 1.165) is 30.1 Å². The minimum atomic E-state index is -0.514. The summed E-state index contributed by atoms with van der Waals surface area (Å²) >= 11 is 19.1. The smallest absolute Gasteiger partial charge is 0.320 e. The third kappa shape index (κ3) is 6.64. The van der Waals surface area contributed by atoms with E-state index in [1.807, 2.05) is 54.3 Å². The van der Waals surface area contributed by atoms with Crippen molar-refractivity contribution in [3.63, 3.8) is 0 Å². The monoisotopic (exact) mass is 497 g/mol. The van der Waals surface area contributed by atoms with E-state index in [4.69, 9.17) is 34.8 Å². The molecular formula is C22H22Cl3N3O2S. The fourth-order valence-corrected chi connectivity index (χ4v) is 4.75. The number of thioether (sulfide) groups is 1. The number of hydrogen-bond acceptors (Lipinski definition) is 5. The maximum Gasteiger partial charge on any atom is 0.320 e. The van der Waals surface area contributed by atoms with Crippen LogP contribution in [0.4, 0.5) is 0 Å². The molecule has 0 aromatic heterocycles. The van der Waals surface area contributed by atoms with Gasteiger partial charge in [0.2, 0.25) is 0 Å². The van der Waals surface area contributed by atoms with Crippen LogP contribution in [0.2, 0.25) is 0 Å². The van der Waals surface area contributed by atoms with Gasteiger partial charge in [0, 0.05) is 37.6 Å². The maximum atomic E-state index is 11.9. The molecule has 1 fully saturated rings. The molecule has 2 aromatic rings. The van der Waals surface area contributed by atoms with Gasteiger partial charge in [-0.1, -0.05) is 94.6 Å². The lowest BCUT2D eigenvalue weighted by atomic mass is 10.2. The Morgan fingerprint density at radius 2 is 1.61 bits per heavy atom. The average molecular weight is 499 g/mol. The van der Waals surface area contributed by atoms with Gasteiger partial charge >= 0.3 is 5.70 Å². The van der Waals surface area contributed by atoms with Crippen LogP contribution in [0.1, 0.15) is 11.1 Å². The van der Waals surface area contributed by atoms with Crippen LogP contribution in [0.25, 0.3) is 0 Å². The summed E-state index contributed by atoms with van der Waals surface area (Å²) in [6, 6.07) is 18.1. The first-order valence-corrected chi connectivity index (χ1v) is 11.7. The van der Waals surface area contributed by atoms with Crippen LogP contribution in [0.3, 0.4) is 0 Å². The highest BCUT2D eigenvalue weighted by atomic mass is 35.5. The van der Waals surface area contributed by atoms with Crippen LogP contribution in [-0.4, -0.2) is 40.9 Å². The van der Waals surface area contributed by atoms with Gasteiger partial charge in [-0.3, -0.25) is 15.0 Å². The summed E-state index contributed by atoms with van der Waals surface area (Å²) < 4.78 is -0.321. The molecule has 3 rings (SSSR count). The molecule has 0 atom stereocenters. The van der Waals surface area contributed by atoms with E-state index in [0.29, 0.717) is 18.1 Å². The van der Waals surface area contributed by atoms with E-state index < -0.39 is 4.92 Å². The van der Waals surface area contributed by atoms with Crippen molar-refractivity contribution in [1.29, 1.82) is 0 Å². The maximum absolute atomic E-state index is 11.9. The Morgan fingerprint density at radius 3 is 2.16 bits per heavy atom. The zero-order valence-corrected chi connectivity index (χ0v) is 20.0. The van der Waals surface area contributed by atoms with E-state index in [9.17, 15) is 10.1 Å². The Bertz CT molecular complexity index is 969. The van der Waals surface area contributed by atoms with Crippen molar-refractivity contribution in [3.05, 3.63) is 96.1 Å². The van der Waals surface area contributed by atoms with Crippen LogP contribution in [0.15, 0.2) is 79.7 Å². The van der Waals surface area contributed by atoms with E-state index >= 15 is 0 Å². The van der Waals surface area contributed by atoms with Gasteiger partial charge < -0.3 is 4.90 Å². The molecule has 0 bridgehead atoms. The zero-order chi connectivity index (χ0) is 22.4. The second-order valence-electron chi connectivity index (χ2n) is 7.15. The minimum Gasteiger partial charge on any atom is -0.358 e. The number of benzene rings is 2. The van der Waals surface area contributed by atoms with Crippen LogP contribution in [-0.2, 0) is 6.54 Å². The van der Waals surface area contributed by atoms with E-state index in [1.165, 1.54) is 17.3 Å². The Kier molecular flexibility index (Phi) is 8.69. The SMILES string of the molecule is Cc1ccc(SC(=C(C(Cl)=C(Cl)Cl)[N+](=O)[O-])N2CCN(Cc3ccccc3)CC2)cc1. The molecule has 0 spiro atoms.